The van der Waals surface area contributed by atoms with Crippen LogP contribution in [0.3, 0.4) is 0 Å². The fraction of sp³-hybridized carbons (Fsp3) is 0.667. The summed E-state index contributed by atoms with van der Waals surface area (Å²) in [6.07, 6.45) is 4.97. The maximum absolute atomic E-state index is 12.8. The molecular weight excluding hydrogens is 310 g/mol. The second-order valence-electron chi connectivity index (χ2n) is 7.99. The Morgan fingerprint density at radius 3 is 2.60 bits per heavy atom. The normalized spacial score (nSPS) is 24.4. The third-order valence-electron chi connectivity index (χ3n) is 5.99. The molecule has 138 valence electrons. The zero-order valence-electron chi connectivity index (χ0n) is 16.2. The van der Waals surface area contributed by atoms with Crippen LogP contribution >= 0.6 is 0 Å². The number of hydrogen-bond donors (Lipinski definition) is 1. The van der Waals surface area contributed by atoms with Gasteiger partial charge < -0.3 is 10.2 Å². The first kappa shape index (κ1) is 18.4. The van der Waals surface area contributed by atoms with Gasteiger partial charge in [-0.25, -0.2) is 0 Å². The van der Waals surface area contributed by atoms with Crippen molar-refractivity contribution in [1.82, 2.24) is 15.1 Å². The number of hydrogen-bond acceptors (Lipinski definition) is 3. The van der Waals surface area contributed by atoms with Crippen molar-refractivity contribution in [3.63, 3.8) is 0 Å². The fourth-order valence-electron chi connectivity index (χ4n) is 4.32. The lowest BCUT2D eigenvalue weighted by molar-refractivity contribution is -0.128. The lowest BCUT2D eigenvalue weighted by Crippen LogP contribution is -2.57. The standard InChI is InChI=1S/C21H33N3O/c1-15-14-23(4)11-12-24(15)17(3)21(25)22-16(2)19-10-9-18-7-5-6-8-20(18)13-19/h9-10,13,15-17H,5-8,11-12,14H2,1-4H3,(H,22,25). The molecule has 3 unspecified atom stereocenters. The Bertz CT molecular complexity index is 615. The molecule has 1 amide bonds. The number of likely N-dealkylation sites (N-methyl/N-ethyl adjacent to an activating group) is 1. The Morgan fingerprint density at radius 1 is 1.16 bits per heavy atom. The first-order valence-corrected chi connectivity index (χ1v) is 9.82. The Kier molecular flexibility index (Phi) is 5.80. The Balaban J connectivity index is 1.62. The molecule has 1 aromatic rings. The lowest BCUT2D eigenvalue weighted by atomic mass is 9.89. The molecule has 4 nitrogen and oxygen atoms in total. The highest BCUT2D eigenvalue weighted by atomic mass is 16.2. The quantitative estimate of drug-likeness (QED) is 0.913. The predicted octanol–water partition coefficient (Wildman–Crippen LogP) is 2.77. The van der Waals surface area contributed by atoms with Crippen molar-refractivity contribution < 1.29 is 4.79 Å². The second kappa shape index (κ2) is 7.88. The Morgan fingerprint density at radius 2 is 1.88 bits per heavy atom. The van der Waals surface area contributed by atoms with Gasteiger partial charge in [-0.1, -0.05) is 18.2 Å². The van der Waals surface area contributed by atoms with E-state index in [-0.39, 0.29) is 18.0 Å². The van der Waals surface area contributed by atoms with Crippen LogP contribution in [-0.4, -0.2) is 54.5 Å². The van der Waals surface area contributed by atoms with Crippen LogP contribution in [0.1, 0.15) is 56.3 Å². The van der Waals surface area contributed by atoms with E-state index in [1.807, 2.05) is 6.92 Å². The molecule has 0 saturated carbocycles. The van der Waals surface area contributed by atoms with Gasteiger partial charge in [-0.3, -0.25) is 9.69 Å². The predicted molar refractivity (Wildman–Crippen MR) is 103 cm³/mol. The van der Waals surface area contributed by atoms with Gasteiger partial charge in [0.1, 0.15) is 0 Å². The van der Waals surface area contributed by atoms with Crippen LogP contribution in [0.15, 0.2) is 18.2 Å². The molecular formula is C21H33N3O. The van der Waals surface area contributed by atoms with E-state index in [0.29, 0.717) is 6.04 Å². The van der Waals surface area contributed by atoms with E-state index in [2.05, 4.69) is 54.2 Å². The summed E-state index contributed by atoms with van der Waals surface area (Å²) in [5.74, 6) is 0.140. The average Bonchev–Trinajstić information content (AvgIpc) is 2.60. The van der Waals surface area contributed by atoms with Gasteiger partial charge in [0.2, 0.25) is 5.91 Å². The number of carbonyl (C=O) groups is 1. The lowest BCUT2D eigenvalue weighted by Gasteiger charge is -2.41. The van der Waals surface area contributed by atoms with Crippen LogP contribution in [0.4, 0.5) is 0 Å². The van der Waals surface area contributed by atoms with Crippen molar-refractivity contribution in [1.29, 1.82) is 0 Å². The van der Waals surface area contributed by atoms with Crippen molar-refractivity contribution in [2.24, 2.45) is 0 Å². The molecule has 0 aromatic heterocycles. The first-order valence-electron chi connectivity index (χ1n) is 9.82. The van der Waals surface area contributed by atoms with E-state index in [1.165, 1.54) is 42.4 Å². The minimum absolute atomic E-state index is 0.0601. The third kappa shape index (κ3) is 4.24. The van der Waals surface area contributed by atoms with Gasteiger partial charge in [-0.15, -0.1) is 0 Å². The van der Waals surface area contributed by atoms with Gasteiger partial charge in [-0.05, 0) is 70.2 Å². The highest BCUT2D eigenvalue weighted by Gasteiger charge is 2.30. The number of aryl methyl sites for hydroxylation is 2. The number of nitrogens with zero attached hydrogens (tertiary/aromatic N) is 2. The summed E-state index contributed by atoms with van der Waals surface area (Å²) >= 11 is 0. The largest absolute Gasteiger partial charge is 0.348 e. The third-order valence-corrected chi connectivity index (χ3v) is 5.99. The fourth-order valence-corrected chi connectivity index (χ4v) is 4.32. The molecule has 1 aliphatic carbocycles. The molecule has 1 saturated heterocycles. The summed E-state index contributed by atoms with van der Waals surface area (Å²) in [6, 6.07) is 7.16. The minimum atomic E-state index is -0.0798. The van der Waals surface area contributed by atoms with E-state index in [1.54, 1.807) is 0 Å². The molecule has 3 atom stereocenters. The van der Waals surface area contributed by atoms with Gasteiger partial charge in [0, 0.05) is 25.7 Å². The zero-order chi connectivity index (χ0) is 18.0. The second-order valence-corrected chi connectivity index (χ2v) is 7.99. The minimum Gasteiger partial charge on any atom is -0.348 e. The van der Waals surface area contributed by atoms with E-state index in [0.717, 1.165) is 19.6 Å². The molecule has 1 aromatic carbocycles. The smallest absolute Gasteiger partial charge is 0.237 e. The maximum atomic E-state index is 12.8. The topological polar surface area (TPSA) is 35.6 Å². The number of fused-ring (bicyclic) bond motifs is 1. The summed E-state index contributed by atoms with van der Waals surface area (Å²) in [6.45, 7) is 9.37. The molecule has 3 rings (SSSR count). The number of nitrogens with one attached hydrogen (secondary N) is 1. The maximum Gasteiger partial charge on any atom is 0.237 e. The molecule has 0 radical (unpaired) electrons. The number of rotatable bonds is 4. The number of carbonyl (C=O) groups excluding carboxylic acids is 1. The molecule has 2 aliphatic rings. The van der Waals surface area contributed by atoms with Crippen LogP contribution in [0, 0.1) is 0 Å². The summed E-state index contributed by atoms with van der Waals surface area (Å²) < 4.78 is 0. The van der Waals surface area contributed by atoms with Crippen molar-refractivity contribution in [3.8, 4) is 0 Å². The Hall–Kier alpha value is -1.39. The van der Waals surface area contributed by atoms with E-state index < -0.39 is 0 Å². The summed E-state index contributed by atoms with van der Waals surface area (Å²) in [4.78, 5) is 17.4. The van der Waals surface area contributed by atoms with Gasteiger partial charge in [0.25, 0.3) is 0 Å². The van der Waals surface area contributed by atoms with E-state index in [9.17, 15) is 4.79 Å². The van der Waals surface area contributed by atoms with Crippen LogP contribution in [0.5, 0.6) is 0 Å². The van der Waals surface area contributed by atoms with Gasteiger partial charge in [0.05, 0.1) is 12.1 Å². The van der Waals surface area contributed by atoms with Gasteiger partial charge in [-0.2, -0.15) is 0 Å². The van der Waals surface area contributed by atoms with Crippen molar-refractivity contribution in [3.05, 3.63) is 34.9 Å². The van der Waals surface area contributed by atoms with Gasteiger partial charge >= 0.3 is 0 Å². The van der Waals surface area contributed by atoms with Crippen LogP contribution in [0.2, 0.25) is 0 Å². The number of benzene rings is 1. The van der Waals surface area contributed by atoms with Crippen molar-refractivity contribution in [2.75, 3.05) is 26.7 Å². The molecule has 1 aliphatic heterocycles. The zero-order valence-corrected chi connectivity index (χ0v) is 16.2. The number of amides is 1. The van der Waals surface area contributed by atoms with Crippen LogP contribution in [0.25, 0.3) is 0 Å². The SMILES string of the molecule is CC(NC(=O)C(C)N1CCN(C)CC1C)c1ccc2c(c1)CCCC2. The van der Waals surface area contributed by atoms with E-state index in [4.69, 9.17) is 0 Å². The summed E-state index contributed by atoms with van der Waals surface area (Å²) in [5, 5.41) is 3.24. The van der Waals surface area contributed by atoms with Gasteiger partial charge in [0.15, 0.2) is 0 Å². The average molecular weight is 344 g/mol. The highest BCUT2D eigenvalue weighted by molar-refractivity contribution is 5.81. The molecule has 1 heterocycles. The molecule has 25 heavy (non-hydrogen) atoms. The van der Waals surface area contributed by atoms with Crippen molar-refractivity contribution >= 4 is 5.91 Å². The number of piperazine rings is 1. The first-order chi connectivity index (χ1) is 12.0. The molecule has 1 N–H and O–H groups in total. The van der Waals surface area contributed by atoms with Crippen molar-refractivity contribution in [2.45, 2.75) is 64.6 Å². The monoisotopic (exact) mass is 343 g/mol. The molecule has 0 spiro atoms. The molecule has 0 bridgehead atoms. The molecule has 1 fully saturated rings. The molecule has 4 heteroatoms. The summed E-state index contributed by atoms with van der Waals surface area (Å²) in [5.41, 5.74) is 4.20. The highest BCUT2D eigenvalue weighted by Crippen LogP contribution is 2.25. The van der Waals surface area contributed by atoms with Crippen LogP contribution in [-0.2, 0) is 17.6 Å². The summed E-state index contributed by atoms with van der Waals surface area (Å²) in [7, 11) is 2.15. The van der Waals surface area contributed by atoms with E-state index >= 15 is 0 Å². The van der Waals surface area contributed by atoms with Crippen LogP contribution < -0.4 is 5.32 Å². The Labute approximate surface area is 152 Å².